The first-order valence-electron chi connectivity index (χ1n) is 5.64. The van der Waals surface area contributed by atoms with Crippen LogP contribution >= 0.6 is 0 Å². The van der Waals surface area contributed by atoms with E-state index in [1.165, 1.54) is 0 Å². The summed E-state index contributed by atoms with van der Waals surface area (Å²) < 4.78 is 25.1. The number of aliphatic carboxylic acids is 1. The van der Waals surface area contributed by atoms with Crippen molar-refractivity contribution in [1.29, 1.82) is 5.26 Å². The van der Waals surface area contributed by atoms with Crippen LogP contribution in [0.25, 0.3) is 0 Å². The quantitative estimate of drug-likeness (QED) is 0.874. The lowest BCUT2D eigenvalue weighted by Crippen LogP contribution is -2.43. The number of nitriles is 1. The molecule has 0 aliphatic carbocycles. The summed E-state index contributed by atoms with van der Waals surface area (Å²) in [7, 11) is -3.80. The van der Waals surface area contributed by atoms with Gasteiger partial charge in [0.25, 0.3) is 0 Å². The van der Waals surface area contributed by atoms with Gasteiger partial charge in [-0.2, -0.15) is 5.26 Å². The molecule has 7 heteroatoms. The number of para-hydroxylation sites is 1. The van der Waals surface area contributed by atoms with Crippen LogP contribution in [0.5, 0.6) is 0 Å². The first-order valence-corrected chi connectivity index (χ1v) is 7.24. The van der Waals surface area contributed by atoms with Crippen LogP contribution in [0.3, 0.4) is 0 Å². The van der Waals surface area contributed by atoms with Crippen molar-refractivity contribution >= 4 is 21.7 Å². The Morgan fingerprint density at radius 2 is 2.16 bits per heavy atom. The highest BCUT2D eigenvalue weighted by Gasteiger charge is 2.34. The summed E-state index contributed by atoms with van der Waals surface area (Å²) in [5, 5.41) is 17.7. The summed E-state index contributed by atoms with van der Waals surface area (Å²) in [5.41, 5.74) is 1.14. The van der Waals surface area contributed by atoms with Crippen LogP contribution in [0.1, 0.15) is 5.56 Å². The Morgan fingerprint density at radius 3 is 2.79 bits per heavy atom. The third-order valence-electron chi connectivity index (χ3n) is 3.04. The Bertz CT molecular complexity index is 648. The Hall–Kier alpha value is -2.07. The molecule has 1 heterocycles. The molecule has 1 atom stereocenters. The molecule has 1 aromatic rings. The van der Waals surface area contributed by atoms with Crippen molar-refractivity contribution in [3.05, 3.63) is 29.8 Å². The molecule has 1 aromatic carbocycles. The maximum atomic E-state index is 12.0. The van der Waals surface area contributed by atoms with E-state index in [1.807, 2.05) is 0 Å². The third-order valence-corrected chi connectivity index (χ3v) is 4.56. The predicted molar refractivity (Wildman–Crippen MR) is 68.0 cm³/mol. The normalized spacial score (nSPS) is 18.5. The largest absolute Gasteiger partial charge is 0.481 e. The molecule has 0 amide bonds. The SMILES string of the molecule is N#CCS(=O)(=O)N1CC(C(=O)O)Cc2ccccc21. The molecule has 1 aliphatic rings. The Balaban J connectivity index is 2.49. The van der Waals surface area contributed by atoms with Crippen LogP contribution in [0.4, 0.5) is 5.69 Å². The van der Waals surface area contributed by atoms with Crippen LogP contribution in [0.2, 0.25) is 0 Å². The molecule has 0 aromatic heterocycles. The van der Waals surface area contributed by atoms with Gasteiger partial charge in [-0.25, -0.2) is 8.42 Å². The minimum Gasteiger partial charge on any atom is -0.481 e. The molecule has 2 rings (SSSR count). The fourth-order valence-electron chi connectivity index (χ4n) is 2.14. The van der Waals surface area contributed by atoms with Gasteiger partial charge in [0, 0.05) is 6.54 Å². The van der Waals surface area contributed by atoms with E-state index in [-0.39, 0.29) is 6.54 Å². The van der Waals surface area contributed by atoms with Crippen LogP contribution in [-0.2, 0) is 21.2 Å². The van der Waals surface area contributed by atoms with E-state index in [9.17, 15) is 13.2 Å². The molecule has 1 unspecified atom stereocenters. The zero-order valence-corrected chi connectivity index (χ0v) is 10.8. The number of carbonyl (C=O) groups is 1. The molecule has 0 bridgehead atoms. The summed E-state index contributed by atoms with van der Waals surface area (Å²) in [6.07, 6.45) is 0.296. The number of sulfonamides is 1. The highest BCUT2D eigenvalue weighted by Crippen LogP contribution is 2.31. The number of anilines is 1. The van der Waals surface area contributed by atoms with E-state index in [4.69, 9.17) is 10.4 Å². The second kappa shape index (κ2) is 4.90. The van der Waals surface area contributed by atoms with Gasteiger partial charge in [0.05, 0.1) is 17.7 Å². The van der Waals surface area contributed by atoms with Gasteiger partial charge in [-0.15, -0.1) is 0 Å². The topological polar surface area (TPSA) is 98.5 Å². The fraction of sp³-hybridized carbons (Fsp3) is 0.333. The molecule has 0 fully saturated rings. The van der Waals surface area contributed by atoms with E-state index in [2.05, 4.69) is 0 Å². The molecule has 6 nitrogen and oxygen atoms in total. The molecule has 0 saturated heterocycles. The second-order valence-corrected chi connectivity index (χ2v) is 6.21. The number of hydrogen-bond donors (Lipinski definition) is 1. The lowest BCUT2D eigenvalue weighted by atomic mass is 9.94. The van der Waals surface area contributed by atoms with Gasteiger partial charge >= 0.3 is 5.97 Å². The molecular formula is C12H12N2O4S. The van der Waals surface area contributed by atoms with Crippen molar-refractivity contribution in [3.63, 3.8) is 0 Å². The number of benzene rings is 1. The Morgan fingerprint density at radius 1 is 1.47 bits per heavy atom. The number of carboxylic acid groups (broad SMARTS) is 1. The maximum Gasteiger partial charge on any atom is 0.308 e. The molecule has 0 saturated carbocycles. The lowest BCUT2D eigenvalue weighted by molar-refractivity contribution is -0.141. The number of rotatable bonds is 3. The number of carboxylic acids is 1. The van der Waals surface area contributed by atoms with E-state index >= 15 is 0 Å². The van der Waals surface area contributed by atoms with Crippen molar-refractivity contribution in [2.75, 3.05) is 16.6 Å². The Labute approximate surface area is 110 Å². The summed E-state index contributed by atoms with van der Waals surface area (Å²) in [6, 6.07) is 8.36. The Kier molecular flexibility index (Phi) is 3.44. The summed E-state index contributed by atoms with van der Waals surface area (Å²) in [5.74, 6) is -2.48. The first-order chi connectivity index (χ1) is 8.95. The number of fused-ring (bicyclic) bond motifs is 1. The van der Waals surface area contributed by atoms with Crippen LogP contribution in [0, 0.1) is 17.2 Å². The van der Waals surface area contributed by atoms with Crippen LogP contribution < -0.4 is 4.31 Å². The van der Waals surface area contributed by atoms with Gasteiger partial charge in [-0.05, 0) is 18.1 Å². The molecule has 0 radical (unpaired) electrons. The van der Waals surface area contributed by atoms with Gasteiger partial charge in [-0.1, -0.05) is 18.2 Å². The second-order valence-electron chi connectivity index (χ2n) is 4.31. The van der Waals surface area contributed by atoms with Crippen molar-refractivity contribution in [3.8, 4) is 6.07 Å². The van der Waals surface area contributed by atoms with Crippen molar-refractivity contribution < 1.29 is 18.3 Å². The van der Waals surface area contributed by atoms with Gasteiger partial charge < -0.3 is 5.11 Å². The highest BCUT2D eigenvalue weighted by molar-refractivity contribution is 7.93. The van der Waals surface area contributed by atoms with Crippen molar-refractivity contribution in [1.82, 2.24) is 0 Å². The molecule has 1 N–H and O–H groups in total. The summed E-state index contributed by atoms with van der Waals surface area (Å²) in [4.78, 5) is 11.1. The minimum atomic E-state index is -3.80. The van der Waals surface area contributed by atoms with E-state index in [0.29, 0.717) is 17.7 Å². The average molecular weight is 280 g/mol. The monoisotopic (exact) mass is 280 g/mol. The number of hydrogen-bond acceptors (Lipinski definition) is 4. The van der Waals surface area contributed by atoms with Crippen LogP contribution in [-0.4, -0.2) is 31.8 Å². The van der Waals surface area contributed by atoms with Crippen LogP contribution in [0.15, 0.2) is 24.3 Å². The van der Waals surface area contributed by atoms with E-state index in [1.54, 1.807) is 30.3 Å². The first kappa shape index (κ1) is 13.4. The standard InChI is InChI=1S/C12H12N2O4S/c13-5-6-19(17,18)14-8-10(12(15)16)7-9-3-1-2-4-11(9)14/h1-4,10H,6-8H2,(H,15,16). The molecular weight excluding hydrogens is 268 g/mol. The van der Waals surface area contributed by atoms with Crippen molar-refractivity contribution in [2.45, 2.75) is 6.42 Å². The fourth-order valence-corrected chi connectivity index (χ4v) is 3.35. The number of nitrogens with zero attached hydrogens (tertiary/aromatic N) is 2. The molecule has 100 valence electrons. The van der Waals surface area contributed by atoms with Gasteiger partial charge in [0.15, 0.2) is 5.75 Å². The van der Waals surface area contributed by atoms with E-state index in [0.717, 1.165) is 4.31 Å². The summed E-state index contributed by atoms with van der Waals surface area (Å²) >= 11 is 0. The third kappa shape index (κ3) is 2.53. The molecule has 1 aliphatic heterocycles. The van der Waals surface area contributed by atoms with Gasteiger partial charge in [0.2, 0.25) is 10.0 Å². The zero-order chi connectivity index (χ0) is 14.0. The average Bonchev–Trinajstić information content (AvgIpc) is 2.37. The minimum absolute atomic E-state index is 0.129. The van der Waals surface area contributed by atoms with Gasteiger partial charge in [0.1, 0.15) is 0 Å². The zero-order valence-electron chi connectivity index (χ0n) is 9.98. The van der Waals surface area contributed by atoms with Gasteiger partial charge in [-0.3, -0.25) is 9.10 Å². The lowest BCUT2D eigenvalue weighted by Gasteiger charge is -2.32. The highest BCUT2D eigenvalue weighted by atomic mass is 32.2. The molecule has 0 spiro atoms. The smallest absolute Gasteiger partial charge is 0.308 e. The summed E-state index contributed by atoms with van der Waals surface area (Å²) in [6.45, 7) is -0.129. The maximum absolute atomic E-state index is 12.0. The van der Waals surface area contributed by atoms with E-state index < -0.39 is 27.7 Å². The predicted octanol–water partition coefficient (Wildman–Crippen LogP) is 0.603. The van der Waals surface area contributed by atoms with Crippen molar-refractivity contribution in [2.24, 2.45) is 5.92 Å². The molecule has 19 heavy (non-hydrogen) atoms.